The Morgan fingerprint density at radius 2 is 1.54 bits per heavy atom. The number of anilines is 1. The van der Waals surface area contributed by atoms with E-state index in [1.807, 2.05) is 48.5 Å². The summed E-state index contributed by atoms with van der Waals surface area (Å²) in [6.07, 6.45) is 0. The lowest BCUT2D eigenvalue weighted by molar-refractivity contribution is 0.0969. The number of carbonyl (C=O) groups excluding carboxylic acids is 1. The Balaban J connectivity index is 1.98. The molecule has 0 spiro atoms. The van der Waals surface area contributed by atoms with Gasteiger partial charge in [-0.2, -0.15) is 0 Å². The molecule has 0 bridgehead atoms. The molecule has 1 heterocycles. The molecule has 0 fully saturated rings. The SMILES string of the molecule is O=C(c1ccccc1)C(Nc1cc(Cl)nc(Cl)n1)c1ccccc1. The molecule has 3 rings (SSSR count). The molecule has 0 saturated heterocycles. The van der Waals surface area contributed by atoms with Gasteiger partial charge in [0.05, 0.1) is 0 Å². The summed E-state index contributed by atoms with van der Waals surface area (Å²) in [4.78, 5) is 20.8. The number of Topliss-reactive ketones (excluding diaryl/α,β-unsaturated/α-hetero) is 1. The Bertz CT molecular complexity index is 821. The lowest BCUT2D eigenvalue weighted by Gasteiger charge is -2.19. The van der Waals surface area contributed by atoms with E-state index in [0.717, 1.165) is 5.56 Å². The summed E-state index contributed by atoms with van der Waals surface area (Å²) in [7, 11) is 0. The average molecular weight is 358 g/mol. The van der Waals surface area contributed by atoms with Crippen LogP contribution in [0.15, 0.2) is 66.7 Å². The van der Waals surface area contributed by atoms with Crippen LogP contribution in [0.2, 0.25) is 10.4 Å². The van der Waals surface area contributed by atoms with E-state index in [0.29, 0.717) is 11.4 Å². The van der Waals surface area contributed by atoms with Gasteiger partial charge in [-0.25, -0.2) is 9.97 Å². The molecule has 0 radical (unpaired) electrons. The van der Waals surface area contributed by atoms with Gasteiger partial charge in [-0.05, 0) is 17.2 Å². The second-order valence-electron chi connectivity index (χ2n) is 5.06. The Labute approximate surface area is 149 Å². The van der Waals surface area contributed by atoms with E-state index < -0.39 is 6.04 Å². The molecule has 1 atom stereocenters. The number of halogens is 2. The Hall–Kier alpha value is -2.43. The van der Waals surface area contributed by atoms with Gasteiger partial charge in [0.1, 0.15) is 17.0 Å². The lowest BCUT2D eigenvalue weighted by atomic mass is 9.97. The van der Waals surface area contributed by atoms with Crippen LogP contribution in [0.5, 0.6) is 0 Å². The quantitative estimate of drug-likeness (QED) is 0.404. The molecule has 0 aliphatic rings. The van der Waals surface area contributed by atoms with Gasteiger partial charge >= 0.3 is 0 Å². The number of benzene rings is 2. The number of carbonyl (C=O) groups is 1. The van der Waals surface area contributed by atoms with Crippen LogP contribution in [-0.4, -0.2) is 15.8 Å². The third kappa shape index (κ3) is 3.91. The third-order valence-electron chi connectivity index (χ3n) is 3.41. The van der Waals surface area contributed by atoms with Crippen molar-refractivity contribution in [3.63, 3.8) is 0 Å². The van der Waals surface area contributed by atoms with E-state index in [4.69, 9.17) is 23.2 Å². The van der Waals surface area contributed by atoms with E-state index in [-0.39, 0.29) is 16.2 Å². The molecule has 1 N–H and O–H groups in total. The van der Waals surface area contributed by atoms with Crippen molar-refractivity contribution in [2.45, 2.75) is 6.04 Å². The van der Waals surface area contributed by atoms with Crippen LogP contribution in [0.25, 0.3) is 0 Å². The summed E-state index contributed by atoms with van der Waals surface area (Å²) in [6, 6.07) is 19.4. The second-order valence-corrected chi connectivity index (χ2v) is 5.79. The number of hydrogen-bond donors (Lipinski definition) is 1. The first-order valence-electron chi connectivity index (χ1n) is 7.24. The van der Waals surface area contributed by atoms with Crippen LogP contribution in [0.3, 0.4) is 0 Å². The maximum atomic E-state index is 12.9. The number of rotatable bonds is 5. The van der Waals surface area contributed by atoms with Crippen molar-refractivity contribution in [2.24, 2.45) is 0 Å². The van der Waals surface area contributed by atoms with Crippen LogP contribution in [0, 0.1) is 0 Å². The summed E-state index contributed by atoms with van der Waals surface area (Å²) in [5.41, 5.74) is 1.42. The number of nitrogens with one attached hydrogen (secondary N) is 1. The molecule has 0 saturated carbocycles. The molecule has 1 unspecified atom stereocenters. The fraction of sp³-hybridized carbons (Fsp3) is 0.0556. The largest absolute Gasteiger partial charge is 0.356 e. The molecule has 24 heavy (non-hydrogen) atoms. The van der Waals surface area contributed by atoms with Crippen molar-refractivity contribution in [3.05, 3.63) is 88.3 Å². The first kappa shape index (κ1) is 16.4. The Kier molecular flexibility index (Phi) is 5.08. The highest BCUT2D eigenvalue weighted by atomic mass is 35.5. The minimum absolute atomic E-state index is 0.0176. The van der Waals surface area contributed by atoms with Crippen LogP contribution >= 0.6 is 23.2 Å². The predicted molar refractivity (Wildman–Crippen MR) is 95.6 cm³/mol. The first-order valence-corrected chi connectivity index (χ1v) is 8.00. The van der Waals surface area contributed by atoms with Gasteiger partial charge < -0.3 is 5.32 Å². The molecule has 2 aromatic carbocycles. The molecule has 0 aliphatic heterocycles. The van der Waals surface area contributed by atoms with Gasteiger partial charge in [0.2, 0.25) is 5.28 Å². The van der Waals surface area contributed by atoms with Gasteiger partial charge in [-0.1, -0.05) is 72.3 Å². The van der Waals surface area contributed by atoms with Crippen molar-refractivity contribution in [2.75, 3.05) is 5.32 Å². The molecular formula is C18H13Cl2N3O. The second kappa shape index (κ2) is 7.43. The third-order valence-corrected chi connectivity index (χ3v) is 3.78. The van der Waals surface area contributed by atoms with Gasteiger partial charge in [0, 0.05) is 11.6 Å². The molecule has 0 amide bonds. The molecule has 120 valence electrons. The minimum atomic E-state index is -0.615. The summed E-state index contributed by atoms with van der Waals surface area (Å²) >= 11 is 11.8. The number of nitrogens with zero attached hydrogens (tertiary/aromatic N) is 2. The molecule has 0 aliphatic carbocycles. The minimum Gasteiger partial charge on any atom is -0.356 e. The fourth-order valence-electron chi connectivity index (χ4n) is 2.33. The summed E-state index contributed by atoms with van der Waals surface area (Å²) in [5, 5.41) is 3.33. The normalized spacial score (nSPS) is 11.8. The zero-order valence-corrected chi connectivity index (χ0v) is 14.0. The molecule has 4 nitrogen and oxygen atoms in total. The Morgan fingerprint density at radius 3 is 2.17 bits per heavy atom. The maximum absolute atomic E-state index is 12.9. The van der Waals surface area contributed by atoms with E-state index in [9.17, 15) is 4.79 Å². The standard InChI is InChI=1S/C18H13Cl2N3O/c19-14-11-15(23-18(20)21-14)22-16(12-7-3-1-4-8-12)17(24)13-9-5-2-6-10-13/h1-11,16H,(H,21,22,23). The van der Waals surface area contributed by atoms with E-state index in [1.165, 1.54) is 6.07 Å². The molecule has 6 heteroatoms. The van der Waals surface area contributed by atoms with E-state index in [2.05, 4.69) is 15.3 Å². The van der Waals surface area contributed by atoms with Gasteiger partial charge in [0.25, 0.3) is 0 Å². The maximum Gasteiger partial charge on any atom is 0.225 e. The van der Waals surface area contributed by atoms with Crippen LogP contribution in [0.4, 0.5) is 5.82 Å². The number of ketones is 1. The summed E-state index contributed by atoms with van der Waals surface area (Å²) < 4.78 is 0. The fourth-order valence-corrected chi connectivity index (χ4v) is 2.74. The molecule has 3 aromatic rings. The molecule has 1 aromatic heterocycles. The van der Waals surface area contributed by atoms with Crippen molar-refractivity contribution in [1.82, 2.24) is 9.97 Å². The van der Waals surface area contributed by atoms with Crippen molar-refractivity contribution >= 4 is 34.8 Å². The van der Waals surface area contributed by atoms with Crippen LogP contribution < -0.4 is 5.32 Å². The van der Waals surface area contributed by atoms with Crippen molar-refractivity contribution < 1.29 is 4.79 Å². The van der Waals surface area contributed by atoms with Gasteiger partial charge in [-0.3, -0.25) is 4.79 Å². The highest BCUT2D eigenvalue weighted by molar-refractivity contribution is 6.32. The zero-order chi connectivity index (χ0) is 16.9. The Morgan fingerprint density at radius 1 is 0.917 bits per heavy atom. The van der Waals surface area contributed by atoms with Crippen LogP contribution in [0.1, 0.15) is 22.0 Å². The highest BCUT2D eigenvalue weighted by Gasteiger charge is 2.22. The van der Waals surface area contributed by atoms with E-state index >= 15 is 0 Å². The summed E-state index contributed by atoms with van der Waals surface area (Å²) in [6.45, 7) is 0. The molecular weight excluding hydrogens is 345 g/mol. The topological polar surface area (TPSA) is 54.9 Å². The smallest absolute Gasteiger partial charge is 0.225 e. The van der Waals surface area contributed by atoms with Gasteiger partial charge in [0.15, 0.2) is 5.78 Å². The van der Waals surface area contributed by atoms with Crippen molar-refractivity contribution in [3.8, 4) is 0 Å². The average Bonchev–Trinajstić information content (AvgIpc) is 2.60. The van der Waals surface area contributed by atoms with E-state index in [1.54, 1.807) is 12.1 Å². The zero-order valence-electron chi connectivity index (χ0n) is 12.5. The monoisotopic (exact) mass is 357 g/mol. The van der Waals surface area contributed by atoms with Crippen LogP contribution in [-0.2, 0) is 0 Å². The first-order chi connectivity index (χ1) is 11.6. The number of hydrogen-bond acceptors (Lipinski definition) is 4. The van der Waals surface area contributed by atoms with Gasteiger partial charge in [-0.15, -0.1) is 0 Å². The number of aromatic nitrogens is 2. The highest BCUT2D eigenvalue weighted by Crippen LogP contribution is 2.24. The van der Waals surface area contributed by atoms with Crippen molar-refractivity contribution in [1.29, 1.82) is 0 Å². The lowest BCUT2D eigenvalue weighted by Crippen LogP contribution is -2.22. The predicted octanol–water partition coefficient (Wildman–Crippen LogP) is 4.82. The summed E-state index contributed by atoms with van der Waals surface area (Å²) in [5.74, 6) is 0.311.